The van der Waals surface area contributed by atoms with Gasteiger partial charge in [-0.05, 0) is 41.1 Å². The number of rotatable bonds is 5. The van der Waals surface area contributed by atoms with E-state index in [1.807, 2.05) is 41.8 Å². The van der Waals surface area contributed by atoms with Gasteiger partial charge in [0.05, 0.1) is 9.75 Å². The van der Waals surface area contributed by atoms with E-state index in [2.05, 4.69) is 10.1 Å². The molecule has 0 aliphatic carbocycles. The van der Waals surface area contributed by atoms with Crippen molar-refractivity contribution in [3.63, 3.8) is 0 Å². The van der Waals surface area contributed by atoms with E-state index in [1.165, 1.54) is 11.3 Å². The molecule has 3 N–H and O–H groups in total. The van der Waals surface area contributed by atoms with Gasteiger partial charge in [0.1, 0.15) is 11.6 Å². The number of benzene rings is 1. The zero-order valence-corrected chi connectivity index (χ0v) is 14.0. The summed E-state index contributed by atoms with van der Waals surface area (Å²) in [4.78, 5) is 6.01. The van der Waals surface area contributed by atoms with Crippen molar-refractivity contribution in [2.24, 2.45) is 5.73 Å². The second-order valence-corrected chi connectivity index (χ2v) is 7.04. The molecule has 0 fully saturated rings. The molecule has 0 bridgehead atoms. The first-order valence-corrected chi connectivity index (χ1v) is 8.76. The maximum atomic E-state index is 7.51. The van der Waals surface area contributed by atoms with Crippen LogP contribution in [0.1, 0.15) is 10.7 Å². The molecule has 0 radical (unpaired) electrons. The molecule has 8 heteroatoms. The Labute approximate surface area is 145 Å². The summed E-state index contributed by atoms with van der Waals surface area (Å²) < 4.78 is 12.0. The van der Waals surface area contributed by atoms with Crippen LogP contribution in [-0.2, 0) is 6.61 Å². The molecule has 0 aliphatic rings. The highest BCUT2D eigenvalue weighted by molar-refractivity contribution is 7.20. The van der Waals surface area contributed by atoms with Crippen LogP contribution < -0.4 is 10.5 Å². The van der Waals surface area contributed by atoms with E-state index in [0.717, 1.165) is 19.8 Å². The van der Waals surface area contributed by atoms with E-state index < -0.39 is 0 Å². The fourth-order valence-corrected chi connectivity index (χ4v) is 3.79. The van der Waals surface area contributed by atoms with E-state index >= 15 is 0 Å². The predicted octanol–water partition coefficient (Wildman–Crippen LogP) is 3.88. The normalized spacial score (nSPS) is 11.0. The second-order valence-electron chi connectivity index (χ2n) is 5.01. The molecule has 0 saturated carbocycles. The van der Waals surface area contributed by atoms with Crippen molar-refractivity contribution in [3.8, 4) is 16.5 Å². The van der Waals surface area contributed by atoms with Gasteiger partial charge in [0.15, 0.2) is 6.61 Å². The van der Waals surface area contributed by atoms with Crippen LogP contribution in [-0.4, -0.2) is 16.0 Å². The van der Waals surface area contributed by atoms with E-state index in [1.54, 1.807) is 11.3 Å². The lowest BCUT2D eigenvalue weighted by Gasteiger charge is -2.02. The third kappa shape index (κ3) is 2.89. The third-order valence-electron chi connectivity index (χ3n) is 3.32. The zero-order valence-electron chi connectivity index (χ0n) is 12.4. The number of fused-ring (bicyclic) bond motifs is 1. The largest absolute Gasteiger partial charge is 0.485 e. The highest BCUT2D eigenvalue weighted by atomic mass is 32.1. The number of hydrogen-bond acceptors (Lipinski definition) is 7. The Morgan fingerprint density at radius 3 is 3.00 bits per heavy atom. The molecule has 24 heavy (non-hydrogen) atoms. The first-order valence-electron chi connectivity index (χ1n) is 7.06. The molecule has 4 rings (SSSR count). The fourth-order valence-electron chi connectivity index (χ4n) is 2.19. The lowest BCUT2D eigenvalue weighted by atomic mass is 10.2. The molecule has 0 amide bonds. The number of nitrogens with two attached hydrogens (primary N) is 1. The summed E-state index contributed by atoms with van der Waals surface area (Å²) in [6, 6.07) is 11.5. The smallest absolute Gasteiger partial charge is 0.268 e. The van der Waals surface area contributed by atoms with E-state index in [4.69, 9.17) is 20.4 Å². The van der Waals surface area contributed by atoms with Gasteiger partial charge in [-0.1, -0.05) is 11.2 Å². The van der Waals surface area contributed by atoms with Gasteiger partial charge in [-0.3, -0.25) is 5.41 Å². The van der Waals surface area contributed by atoms with Crippen molar-refractivity contribution in [1.29, 1.82) is 5.41 Å². The van der Waals surface area contributed by atoms with Crippen LogP contribution in [0.25, 0.3) is 20.9 Å². The van der Waals surface area contributed by atoms with E-state index in [0.29, 0.717) is 17.5 Å². The van der Waals surface area contributed by atoms with Crippen molar-refractivity contribution in [1.82, 2.24) is 10.1 Å². The molecule has 0 unspecified atom stereocenters. The molecular weight excluding hydrogens is 344 g/mol. The number of nitrogens with zero attached hydrogens (tertiary/aromatic N) is 2. The molecule has 120 valence electrons. The summed E-state index contributed by atoms with van der Waals surface area (Å²) in [5.41, 5.74) is 5.53. The highest BCUT2D eigenvalue weighted by Gasteiger charge is 2.11. The number of thiophene rings is 2. The highest BCUT2D eigenvalue weighted by Crippen LogP contribution is 2.29. The summed E-state index contributed by atoms with van der Waals surface area (Å²) in [7, 11) is 0. The Balaban J connectivity index is 1.49. The van der Waals surface area contributed by atoms with Crippen LogP contribution in [0, 0.1) is 5.41 Å². The van der Waals surface area contributed by atoms with Gasteiger partial charge < -0.3 is 15.0 Å². The lowest BCUT2D eigenvalue weighted by Crippen LogP contribution is -2.08. The van der Waals surface area contributed by atoms with Gasteiger partial charge in [0, 0.05) is 4.70 Å². The van der Waals surface area contributed by atoms with Crippen LogP contribution in [0.2, 0.25) is 0 Å². The number of nitrogen functional groups attached to an aromatic ring is 1. The van der Waals surface area contributed by atoms with Gasteiger partial charge in [0.2, 0.25) is 5.82 Å². The molecule has 4 aromatic rings. The van der Waals surface area contributed by atoms with Crippen LogP contribution in [0.3, 0.4) is 0 Å². The van der Waals surface area contributed by atoms with Gasteiger partial charge in [-0.15, -0.1) is 22.7 Å². The van der Waals surface area contributed by atoms with Gasteiger partial charge in [0.25, 0.3) is 5.89 Å². The zero-order chi connectivity index (χ0) is 16.5. The van der Waals surface area contributed by atoms with Gasteiger partial charge in [-0.25, -0.2) is 0 Å². The topological polar surface area (TPSA) is 98.0 Å². The Bertz CT molecular complexity index is 1000. The maximum absolute atomic E-state index is 7.51. The molecule has 3 heterocycles. The molecule has 3 aromatic heterocycles. The molecule has 0 aliphatic heterocycles. The standard InChI is InChI=1S/C16H12N4O2S2/c17-15(18)13-6-9-3-4-10(7-12(9)24-13)21-8-14-19-16(22-20-14)11-2-1-5-23-11/h1-7H,8H2,(H3,17,18). The Kier molecular flexibility index (Phi) is 3.75. The number of nitrogens with one attached hydrogen (secondary N) is 1. The number of aromatic nitrogens is 2. The SMILES string of the molecule is N=C(N)c1cc2ccc(OCc3noc(-c4cccs4)n3)cc2s1. The minimum absolute atomic E-state index is 0.0755. The Morgan fingerprint density at radius 2 is 2.21 bits per heavy atom. The predicted molar refractivity (Wildman–Crippen MR) is 94.8 cm³/mol. The van der Waals surface area contributed by atoms with Crippen LogP contribution >= 0.6 is 22.7 Å². The van der Waals surface area contributed by atoms with E-state index in [9.17, 15) is 0 Å². The average Bonchev–Trinajstić information content (AvgIpc) is 3.30. The van der Waals surface area contributed by atoms with Gasteiger partial charge >= 0.3 is 0 Å². The summed E-state index contributed by atoms with van der Waals surface area (Å²) in [5.74, 6) is 1.78. The summed E-state index contributed by atoms with van der Waals surface area (Å²) >= 11 is 3.01. The van der Waals surface area contributed by atoms with E-state index in [-0.39, 0.29) is 12.4 Å². The quantitative estimate of drug-likeness (QED) is 0.418. The third-order valence-corrected chi connectivity index (χ3v) is 5.31. The number of hydrogen-bond donors (Lipinski definition) is 2. The summed E-state index contributed by atoms with van der Waals surface area (Å²) in [6.07, 6.45) is 0. The monoisotopic (exact) mass is 356 g/mol. The van der Waals surface area contributed by atoms with Crippen molar-refractivity contribution in [3.05, 3.63) is 52.5 Å². The van der Waals surface area contributed by atoms with Crippen LogP contribution in [0.15, 0.2) is 46.3 Å². The minimum Gasteiger partial charge on any atom is -0.485 e. The molecule has 0 saturated heterocycles. The van der Waals surface area contributed by atoms with Crippen molar-refractivity contribution >= 4 is 38.6 Å². The van der Waals surface area contributed by atoms with Crippen molar-refractivity contribution in [2.45, 2.75) is 6.61 Å². The fraction of sp³-hybridized carbons (Fsp3) is 0.0625. The Hall–Kier alpha value is -2.71. The first kappa shape index (κ1) is 14.9. The minimum atomic E-state index is 0.0755. The molecule has 1 aromatic carbocycles. The summed E-state index contributed by atoms with van der Waals surface area (Å²) in [5, 5.41) is 14.4. The average molecular weight is 356 g/mol. The Morgan fingerprint density at radius 1 is 1.29 bits per heavy atom. The summed E-state index contributed by atoms with van der Waals surface area (Å²) in [6.45, 7) is 0.228. The first-order chi connectivity index (χ1) is 11.7. The second kappa shape index (κ2) is 6.06. The number of ether oxygens (including phenoxy) is 1. The van der Waals surface area contributed by atoms with Crippen molar-refractivity contribution in [2.75, 3.05) is 0 Å². The number of amidine groups is 1. The van der Waals surface area contributed by atoms with Crippen LogP contribution in [0.5, 0.6) is 5.75 Å². The molecule has 0 atom stereocenters. The van der Waals surface area contributed by atoms with Crippen molar-refractivity contribution < 1.29 is 9.26 Å². The molecular formula is C16H12N4O2S2. The maximum Gasteiger partial charge on any atom is 0.268 e. The van der Waals surface area contributed by atoms with Gasteiger partial charge in [-0.2, -0.15) is 4.98 Å². The molecule has 0 spiro atoms. The lowest BCUT2D eigenvalue weighted by molar-refractivity contribution is 0.287. The molecule has 6 nitrogen and oxygen atoms in total. The van der Waals surface area contributed by atoms with Crippen LogP contribution in [0.4, 0.5) is 0 Å².